The molecule has 22 heavy (non-hydrogen) atoms. The summed E-state index contributed by atoms with van der Waals surface area (Å²) in [7, 11) is 1.39. The zero-order chi connectivity index (χ0) is 16.1. The van der Waals surface area contributed by atoms with E-state index in [1.807, 2.05) is 6.07 Å². The highest BCUT2D eigenvalue weighted by atomic mass is 16.5. The van der Waals surface area contributed by atoms with Gasteiger partial charge in [0.2, 0.25) is 0 Å². The van der Waals surface area contributed by atoms with E-state index in [0.29, 0.717) is 24.1 Å². The summed E-state index contributed by atoms with van der Waals surface area (Å²) in [5, 5.41) is 11.9. The smallest absolute Gasteiger partial charge is 0.339 e. The molecular weight excluding hydrogens is 286 g/mol. The monoisotopic (exact) mass is 303 g/mol. The van der Waals surface area contributed by atoms with Gasteiger partial charge < -0.3 is 19.6 Å². The lowest BCUT2D eigenvalue weighted by atomic mass is 10.0. The van der Waals surface area contributed by atoms with Crippen molar-refractivity contribution < 1.29 is 23.8 Å². The summed E-state index contributed by atoms with van der Waals surface area (Å²) >= 11 is 0. The Balaban J connectivity index is 2.11. The SMILES string of the molecule is COc1cc(C)c(C(=O)NCCc2ccoc2)cc1C(=O)O. The van der Waals surface area contributed by atoms with Gasteiger partial charge in [-0.3, -0.25) is 4.79 Å². The third kappa shape index (κ3) is 3.46. The fourth-order valence-electron chi connectivity index (χ4n) is 2.11. The molecule has 0 aliphatic rings. The maximum absolute atomic E-state index is 12.2. The Morgan fingerprint density at radius 3 is 2.68 bits per heavy atom. The number of furan rings is 1. The number of nitrogens with one attached hydrogen (secondary N) is 1. The molecule has 0 aliphatic heterocycles. The lowest BCUT2D eigenvalue weighted by molar-refractivity contribution is 0.0693. The number of benzene rings is 1. The summed E-state index contributed by atoms with van der Waals surface area (Å²) in [5.41, 5.74) is 1.93. The van der Waals surface area contributed by atoms with Crippen molar-refractivity contribution in [1.29, 1.82) is 0 Å². The molecule has 1 aromatic heterocycles. The number of amides is 1. The van der Waals surface area contributed by atoms with Crippen LogP contribution in [0.3, 0.4) is 0 Å². The van der Waals surface area contributed by atoms with Crippen molar-refractivity contribution in [2.45, 2.75) is 13.3 Å². The Kier molecular flexibility index (Phi) is 4.83. The molecule has 1 amide bonds. The van der Waals surface area contributed by atoms with E-state index < -0.39 is 5.97 Å². The average molecular weight is 303 g/mol. The number of hydrogen-bond acceptors (Lipinski definition) is 4. The molecule has 0 atom stereocenters. The van der Waals surface area contributed by atoms with Crippen LogP contribution in [0.1, 0.15) is 31.8 Å². The largest absolute Gasteiger partial charge is 0.496 e. The summed E-state index contributed by atoms with van der Waals surface area (Å²) in [5.74, 6) is -1.21. The van der Waals surface area contributed by atoms with Gasteiger partial charge in [0.05, 0.1) is 19.6 Å². The maximum Gasteiger partial charge on any atom is 0.339 e. The van der Waals surface area contributed by atoms with Crippen molar-refractivity contribution >= 4 is 11.9 Å². The molecule has 6 heteroatoms. The summed E-state index contributed by atoms with van der Waals surface area (Å²) in [4.78, 5) is 23.4. The minimum Gasteiger partial charge on any atom is -0.496 e. The van der Waals surface area contributed by atoms with E-state index in [1.165, 1.54) is 13.2 Å². The van der Waals surface area contributed by atoms with Gasteiger partial charge in [-0.2, -0.15) is 0 Å². The van der Waals surface area contributed by atoms with Crippen molar-refractivity contribution in [3.63, 3.8) is 0 Å². The number of ether oxygens (including phenoxy) is 1. The Morgan fingerprint density at radius 1 is 1.32 bits per heavy atom. The molecule has 1 heterocycles. The molecule has 0 bridgehead atoms. The van der Waals surface area contributed by atoms with Gasteiger partial charge in [0.1, 0.15) is 11.3 Å². The highest BCUT2D eigenvalue weighted by molar-refractivity contribution is 6.00. The summed E-state index contributed by atoms with van der Waals surface area (Å²) < 4.78 is 9.98. The van der Waals surface area contributed by atoms with Gasteiger partial charge >= 0.3 is 5.97 Å². The van der Waals surface area contributed by atoms with Crippen molar-refractivity contribution in [3.05, 3.63) is 53.0 Å². The fourth-order valence-corrected chi connectivity index (χ4v) is 2.11. The topological polar surface area (TPSA) is 88.8 Å². The van der Waals surface area contributed by atoms with Gasteiger partial charge in [-0.25, -0.2) is 4.79 Å². The van der Waals surface area contributed by atoms with E-state index >= 15 is 0 Å². The second kappa shape index (κ2) is 6.80. The molecule has 2 aromatic rings. The van der Waals surface area contributed by atoms with Gasteiger partial charge in [-0.1, -0.05) is 0 Å². The molecule has 116 valence electrons. The normalized spacial score (nSPS) is 10.3. The number of carboxylic acid groups (broad SMARTS) is 1. The van der Waals surface area contributed by atoms with E-state index in [9.17, 15) is 14.7 Å². The average Bonchev–Trinajstić information content (AvgIpc) is 2.99. The Morgan fingerprint density at radius 2 is 2.09 bits per heavy atom. The second-order valence-corrected chi connectivity index (χ2v) is 4.81. The molecule has 0 unspecified atom stereocenters. The van der Waals surface area contributed by atoms with Crippen molar-refractivity contribution in [1.82, 2.24) is 5.32 Å². The highest BCUT2D eigenvalue weighted by Crippen LogP contribution is 2.23. The van der Waals surface area contributed by atoms with Crippen molar-refractivity contribution in [2.75, 3.05) is 13.7 Å². The van der Waals surface area contributed by atoms with Crippen LogP contribution < -0.4 is 10.1 Å². The Bertz CT molecular complexity index is 676. The zero-order valence-corrected chi connectivity index (χ0v) is 12.4. The highest BCUT2D eigenvalue weighted by Gasteiger charge is 2.17. The standard InChI is InChI=1S/C16H17NO5/c1-10-7-14(21-2)13(16(19)20)8-12(10)15(18)17-5-3-11-4-6-22-9-11/h4,6-9H,3,5H2,1-2H3,(H,17,18)(H,19,20). The van der Waals surface area contributed by atoms with Crippen LogP contribution in [-0.2, 0) is 6.42 Å². The second-order valence-electron chi connectivity index (χ2n) is 4.81. The van der Waals surface area contributed by atoms with Crippen LogP contribution in [0.4, 0.5) is 0 Å². The molecule has 0 fully saturated rings. The van der Waals surface area contributed by atoms with E-state index in [-0.39, 0.29) is 17.2 Å². The zero-order valence-electron chi connectivity index (χ0n) is 12.4. The molecule has 0 aliphatic carbocycles. The number of carboxylic acids is 1. The molecule has 0 saturated carbocycles. The van der Waals surface area contributed by atoms with Crippen LogP contribution in [0.25, 0.3) is 0 Å². The first-order valence-corrected chi connectivity index (χ1v) is 6.74. The molecule has 2 N–H and O–H groups in total. The molecule has 6 nitrogen and oxygen atoms in total. The number of aryl methyl sites for hydroxylation is 1. The van der Waals surface area contributed by atoms with Crippen LogP contribution in [0, 0.1) is 6.92 Å². The molecule has 0 saturated heterocycles. The number of hydrogen-bond donors (Lipinski definition) is 2. The molecule has 0 radical (unpaired) electrons. The minimum absolute atomic E-state index is 0.0342. The summed E-state index contributed by atoms with van der Waals surface area (Å²) in [6.45, 7) is 2.17. The first kappa shape index (κ1) is 15.6. The maximum atomic E-state index is 12.2. The van der Waals surface area contributed by atoms with Crippen LogP contribution in [0.5, 0.6) is 5.75 Å². The van der Waals surface area contributed by atoms with E-state index in [2.05, 4.69) is 5.32 Å². The van der Waals surface area contributed by atoms with Gasteiger partial charge in [0.15, 0.2) is 0 Å². The number of carbonyl (C=O) groups excluding carboxylic acids is 1. The predicted octanol–water partition coefficient (Wildman–Crippen LogP) is 2.27. The minimum atomic E-state index is -1.13. The summed E-state index contributed by atoms with van der Waals surface area (Å²) in [6, 6.07) is 4.71. The van der Waals surface area contributed by atoms with E-state index in [0.717, 1.165) is 5.56 Å². The molecular formula is C16H17NO5. The van der Waals surface area contributed by atoms with Crippen molar-refractivity contribution in [2.24, 2.45) is 0 Å². The van der Waals surface area contributed by atoms with Crippen LogP contribution in [-0.4, -0.2) is 30.6 Å². The lowest BCUT2D eigenvalue weighted by Gasteiger charge is -2.11. The molecule has 1 aromatic carbocycles. The van der Waals surface area contributed by atoms with Gasteiger partial charge in [0, 0.05) is 12.1 Å². The van der Waals surface area contributed by atoms with E-state index in [1.54, 1.807) is 25.5 Å². The number of rotatable bonds is 6. The lowest BCUT2D eigenvalue weighted by Crippen LogP contribution is -2.26. The van der Waals surface area contributed by atoms with Crippen LogP contribution in [0.15, 0.2) is 35.1 Å². The van der Waals surface area contributed by atoms with Gasteiger partial charge in [-0.15, -0.1) is 0 Å². The first-order valence-electron chi connectivity index (χ1n) is 6.74. The van der Waals surface area contributed by atoms with Crippen LogP contribution >= 0.6 is 0 Å². The first-order chi connectivity index (χ1) is 10.5. The summed E-state index contributed by atoms with van der Waals surface area (Å²) in [6.07, 6.45) is 3.83. The molecule has 2 rings (SSSR count). The number of aromatic carboxylic acids is 1. The molecule has 0 spiro atoms. The number of methoxy groups -OCH3 is 1. The third-order valence-electron chi connectivity index (χ3n) is 3.30. The third-order valence-corrected chi connectivity index (χ3v) is 3.30. The predicted molar refractivity (Wildman–Crippen MR) is 79.4 cm³/mol. The van der Waals surface area contributed by atoms with Gasteiger partial charge in [0.25, 0.3) is 5.91 Å². The van der Waals surface area contributed by atoms with E-state index in [4.69, 9.17) is 9.15 Å². The van der Waals surface area contributed by atoms with Gasteiger partial charge in [-0.05, 0) is 42.7 Å². The van der Waals surface area contributed by atoms with Crippen molar-refractivity contribution in [3.8, 4) is 5.75 Å². The quantitative estimate of drug-likeness (QED) is 0.854. The Labute approximate surface area is 127 Å². The Hall–Kier alpha value is -2.76. The van der Waals surface area contributed by atoms with Crippen LogP contribution in [0.2, 0.25) is 0 Å². The number of carbonyl (C=O) groups is 2. The fraction of sp³-hybridized carbons (Fsp3) is 0.250.